The molecule has 0 aromatic heterocycles. The Balaban J connectivity index is 1.82. The van der Waals surface area contributed by atoms with Crippen molar-refractivity contribution in [3.63, 3.8) is 0 Å². The first-order valence-corrected chi connectivity index (χ1v) is 19.7. The van der Waals surface area contributed by atoms with E-state index < -0.39 is 16.0 Å². The van der Waals surface area contributed by atoms with Crippen molar-refractivity contribution in [1.82, 2.24) is 0 Å². The van der Waals surface area contributed by atoms with E-state index in [9.17, 15) is 5.11 Å². The van der Waals surface area contributed by atoms with E-state index in [1.165, 1.54) is 27.3 Å². The number of hydrogen-bond donors (Lipinski definition) is 1. The molecule has 124 valence electrons. The summed E-state index contributed by atoms with van der Waals surface area (Å²) >= 11 is 5.58. The summed E-state index contributed by atoms with van der Waals surface area (Å²) in [6.07, 6.45) is 3.46. The summed E-state index contributed by atoms with van der Waals surface area (Å²) in [5, 5.41) is 10.8. The first kappa shape index (κ1) is 17.7. The number of halogens is 2. The molecule has 22 heavy (non-hydrogen) atoms. The number of benzene rings is 1. The molecule has 4 heteroatoms. The van der Waals surface area contributed by atoms with Crippen LogP contribution in [0, 0.1) is 16.7 Å². The molecule has 2 bridgehead atoms. The first-order chi connectivity index (χ1) is 10.2. The van der Waals surface area contributed by atoms with Gasteiger partial charge in [-0.2, -0.15) is 0 Å². The van der Waals surface area contributed by atoms with Crippen molar-refractivity contribution in [2.75, 3.05) is 0 Å². The van der Waals surface area contributed by atoms with Crippen molar-refractivity contribution < 1.29 is 5.11 Å². The van der Waals surface area contributed by atoms with Crippen molar-refractivity contribution in [2.24, 2.45) is 16.7 Å². The van der Waals surface area contributed by atoms with Gasteiger partial charge < -0.3 is 0 Å². The molecule has 1 N–H and O–H groups in total. The van der Waals surface area contributed by atoms with E-state index in [2.05, 4.69) is 71.8 Å². The Bertz CT molecular complexity index is 572. The molecule has 2 fully saturated rings. The standard InChI is InChI=1S/C18H26Br2OTe/c1-17(2)14-7-8-18(17,16(21)10-14)12-22(3,20)11-13-5-4-6-15(19)9-13/h4-6,9,14,16,21H,7-8,10-12H2,1-3H3. The van der Waals surface area contributed by atoms with Crippen molar-refractivity contribution in [3.05, 3.63) is 34.3 Å². The number of rotatable bonds is 4. The van der Waals surface area contributed by atoms with E-state index in [4.69, 9.17) is 0 Å². The number of aliphatic hydroxyl groups excluding tert-OH is 1. The molecule has 0 spiro atoms. The van der Waals surface area contributed by atoms with E-state index in [0.717, 1.165) is 16.8 Å². The molecule has 0 amide bonds. The molecular formula is C18H26Br2OTe. The van der Waals surface area contributed by atoms with E-state index in [-0.39, 0.29) is 11.5 Å². The van der Waals surface area contributed by atoms with Crippen LogP contribution in [-0.2, 0) is 4.47 Å². The summed E-state index contributed by atoms with van der Waals surface area (Å²) in [5.41, 5.74) is 1.87. The van der Waals surface area contributed by atoms with Crippen molar-refractivity contribution >= 4 is 44.7 Å². The molecular weight excluding hydrogens is 520 g/mol. The Labute approximate surface area is 153 Å². The van der Waals surface area contributed by atoms with Gasteiger partial charge in [0.1, 0.15) is 0 Å². The third kappa shape index (κ3) is 2.97. The first-order valence-electron chi connectivity index (χ1n) is 8.02. The molecule has 4 atom stereocenters. The molecule has 3 rings (SSSR count). The molecule has 2 saturated carbocycles. The SMILES string of the molecule is CC1(C)C2CCC1(C[Te](C)(Br)Cc1cccc(Br)c1)C(O)C2. The number of hydrogen-bond acceptors (Lipinski definition) is 1. The van der Waals surface area contributed by atoms with Gasteiger partial charge in [0.05, 0.1) is 0 Å². The molecule has 2 aliphatic rings. The number of fused-ring (bicyclic) bond motifs is 2. The summed E-state index contributed by atoms with van der Waals surface area (Å²) in [4.78, 5) is 2.48. The van der Waals surface area contributed by atoms with E-state index in [0.29, 0.717) is 5.41 Å². The molecule has 0 heterocycles. The Morgan fingerprint density at radius 3 is 2.64 bits per heavy atom. The van der Waals surface area contributed by atoms with E-state index >= 15 is 0 Å². The third-order valence-electron chi connectivity index (χ3n) is 6.30. The fourth-order valence-electron chi connectivity index (χ4n) is 4.94. The predicted molar refractivity (Wildman–Crippen MR) is 103 cm³/mol. The Morgan fingerprint density at radius 1 is 1.36 bits per heavy atom. The van der Waals surface area contributed by atoms with Crippen LogP contribution >= 0.6 is 28.7 Å². The van der Waals surface area contributed by atoms with Crippen molar-refractivity contribution in [2.45, 2.75) is 53.1 Å². The van der Waals surface area contributed by atoms with Crippen LogP contribution in [-0.4, -0.2) is 27.2 Å². The summed E-state index contributed by atoms with van der Waals surface area (Å²) in [7, 11) is 0. The molecule has 1 aromatic carbocycles. The zero-order valence-corrected chi connectivity index (χ0v) is 19.1. The quantitative estimate of drug-likeness (QED) is 0.482. The van der Waals surface area contributed by atoms with Gasteiger partial charge in [0.15, 0.2) is 0 Å². The monoisotopic (exact) mass is 546 g/mol. The molecule has 0 aliphatic heterocycles. The third-order valence-corrected chi connectivity index (χ3v) is 15.7. The minimum absolute atomic E-state index is 0.0908. The maximum absolute atomic E-state index is 10.8. The topological polar surface area (TPSA) is 20.2 Å². The van der Waals surface area contributed by atoms with Gasteiger partial charge in [-0.25, -0.2) is 0 Å². The Morgan fingerprint density at radius 2 is 2.09 bits per heavy atom. The molecule has 1 nitrogen and oxygen atoms in total. The van der Waals surface area contributed by atoms with E-state index in [1.807, 2.05) is 0 Å². The van der Waals surface area contributed by atoms with Gasteiger partial charge in [-0.15, -0.1) is 0 Å². The van der Waals surface area contributed by atoms with Gasteiger partial charge in [-0.3, -0.25) is 0 Å². The van der Waals surface area contributed by atoms with Gasteiger partial charge in [0.2, 0.25) is 0 Å². The normalized spacial score (nSPS) is 37.0. The molecule has 4 unspecified atom stereocenters. The van der Waals surface area contributed by atoms with Gasteiger partial charge in [0.25, 0.3) is 0 Å². The van der Waals surface area contributed by atoms with Gasteiger partial charge in [-0.05, 0) is 0 Å². The second-order valence-electron chi connectivity index (χ2n) is 7.94. The van der Waals surface area contributed by atoms with Gasteiger partial charge in [-0.1, -0.05) is 0 Å². The summed E-state index contributed by atoms with van der Waals surface area (Å²) in [6, 6.07) is 8.70. The Kier molecular flexibility index (Phi) is 4.86. The van der Waals surface area contributed by atoms with Crippen LogP contribution < -0.4 is 0 Å². The van der Waals surface area contributed by atoms with Crippen LogP contribution in [0.1, 0.15) is 38.7 Å². The molecule has 0 radical (unpaired) electrons. The summed E-state index contributed by atoms with van der Waals surface area (Å²) in [6.45, 7) is 4.82. The predicted octanol–water partition coefficient (Wildman–Crippen LogP) is 5.69. The van der Waals surface area contributed by atoms with Crippen LogP contribution in [0.2, 0.25) is 9.44 Å². The van der Waals surface area contributed by atoms with Crippen molar-refractivity contribution in [3.8, 4) is 0 Å². The average molecular weight is 546 g/mol. The summed E-state index contributed by atoms with van der Waals surface area (Å²) < 4.78 is 3.57. The van der Waals surface area contributed by atoms with E-state index in [1.54, 1.807) is 0 Å². The zero-order valence-electron chi connectivity index (χ0n) is 13.6. The second kappa shape index (κ2) is 6.03. The second-order valence-corrected chi connectivity index (χ2v) is 27.6. The fraction of sp³-hybridized carbons (Fsp3) is 0.667. The summed E-state index contributed by atoms with van der Waals surface area (Å²) in [5.74, 6) is 0.722. The van der Waals surface area contributed by atoms with Crippen LogP contribution in [0.4, 0.5) is 0 Å². The average Bonchev–Trinajstić information content (AvgIpc) is 2.71. The van der Waals surface area contributed by atoms with Gasteiger partial charge >= 0.3 is 154 Å². The molecule has 2 aliphatic carbocycles. The van der Waals surface area contributed by atoms with Crippen LogP contribution in [0.15, 0.2) is 28.7 Å². The maximum atomic E-state index is 10.8. The molecule has 0 saturated heterocycles. The van der Waals surface area contributed by atoms with Crippen molar-refractivity contribution in [1.29, 1.82) is 0 Å². The minimum atomic E-state index is -2.19. The van der Waals surface area contributed by atoms with Crippen LogP contribution in [0.5, 0.6) is 0 Å². The fourth-order valence-corrected chi connectivity index (χ4v) is 17.8. The van der Waals surface area contributed by atoms with Crippen LogP contribution in [0.25, 0.3) is 0 Å². The van der Waals surface area contributed by atoms with Crippen LogP contribution in [0.3, 0.4) is 0 Å². The van der Waals surface area contributed by atoms with Gasteiger partial charge in [0, 0.05) is 0 Å². The molecule has 1 aromatic rings. The zero-order chi connectivity index (χ0) is 16.2. The number of aliphatic hydroxyl groups is 1. The Hall–Kier alpha value is 0.930.